The van der Waals surface area contributed by atoms with E-state index in [1.165, 1.54) is 0 Å². The molecule has 0 aliphatic carbocycles. The maximum Gasteiger partial charge on any atom is 0.0675 e. The molecule has 0 fully saturated rings. The minimum Gasteiger partial charge on any atom is -0.570 e. The Labute approximate surface area is 106 Å². The van der Waals surface area contributed by atoms with Crippen LogP contribution in [0.4, 0.5) is 0 Å². The topological polar surface area (TPSA) is 0 Å². The van der Waals surface area contributed by atoms with Crippen molar-refractivity contribution in [2.24, 2.45) is 0 Å². The Hall–Kier alpha value is 0.450. The van der Waals surface area contributed by atoms with Crippen LogP contribution in [-0.2, 0) is 25.3 Å². The van der Waals surface area contributed by atoms with Gasteiger partial charge in [-0.25, -0.2) is 0 Å². The summed E-state index contributed by atoms with van der Waals surface area (Å²) in [6.07, 6.45) is 0. The lowest BCUT2D eigenvalue weighted by atomic mass is 10.8. The highest BCUT2D eigenvalue weighted by Gasteiger charge is 1.88. The SMILES string of the molecule is C[N+](C)(C)C.C[N+](C)(C)C.S=C([S-])[S-]. The molecule has 0 amide bonds. The molecule has 0 saturated heterocycles. The Morgan fingerprint density at radius 1 is 0.714 bits per heavy atom. The standard InChI is InChI=1S/2C4H12N.CH2S3/c2*1-5(2,3)4;2-1(3)4/h2*1-4H3;(H2,2,3,4)/q2*+1;/p-2. The van der Waals surface area contributed by atoms with Gasteiger partial charge in [-0.2, -0.15) is 0 Å². The maximum absolute atomic E-state index is 4.17. The predicted molar refractivity (Wildman–Crippen MR) is 75.2 cm³/mol. The van der Waals surface area contributed by atoms with Gasteiger partial charge in [0.25, 0.3) is 0 Å². The number of rotatable bonds is 0. The van der Waals surface area contributed by atoms with Crippen molar-refractivity contribution < 1.29 is 8.97 Å². The Morgan fingerprint density at radius 2 is 0.714 bits per heavy atom. The van der Waals surface area contributed by atoms with Crippen LogP contribution in [0.2, 0.25) is 0 Å². The van der Waals surface area contributed by atoms with Crippen molar-refractivity contribution in [2.75, 3.05) is 56.4 Å². The van der Waals surface area contributed by atoms with Crippen LogP contribution >= 0.6 is 12.2 Å². The van der Waals surface area contributed by atoms with Gasteiger partial charge in [-0.15, -0.1) is 0 Å². The Morgan fingerprint density at radius 3 is 0.714 bits per heavy atom. The summed E-state index contributed by atoms with van der Waals surface area (Å²) in [5.74, 6) is 0. The van der Waals surface area contributed by atoms with Crippen LogP contribution < -0.4 is 0 Å². The van der Waals surface area contributed by atoms with Gasteiger partial charge in [-0.1, -0.05) is 0 Å². The highest BCUT2D eigenvalue weighted by Crippen LogP contribution is 1.74. The molecule has 0 aliphatic rings. The van der Waals surface area contributed by atoms with Gasteiger partial charge in [0.2, 0.25) is 0 Å². The fraction of sp³-hybridized carbons (Fsp3) is 0.889. The van der Waals surface area contributed by atoms with E-state index < -0.39 is 0 Å². The molecule has 0 unspecified atom stereocenters. The van der Waals surface area contributed by atoms with Gasteiger partial charge in [0.15, 0.2) is 0 Å². The van der Waals surface area contributed by atoms with Gasteiger partial charge < -0.3 is 46.4 Å². The summed E-state index contributed by atoms with van der Waals surface area (Å²) in [6, 6.07) is 0. The lowest BCUT2D eigenvalue weighted by Gasteiger charge is -2.14. The summed E-state index contributed by atoms with van der Waals surface area (Å²) >= 11 is 12.5. The third-order valence-electron chi connectivity index (χ3n) is 0. The number of quaternary nitrogens is 2. The second kappa shape index (κ2) is 8.73. The molecule has 5 heteroatoms. The molecule has 0 aromatic carbocycles. The van der Waals surface area contributed by atoms with Crippen LogP contribution in [0.15, 0.2) is 0 Å². The highest BCUT2D eigenvalue weighted by atomic mass is 32.2. The molecule has 0 aliphatic heterocycles. The van der Waals surface area contributed by atoms with E-state index in [0.29, 0.717) is 0 Å². The summed E-state index contributed by atoms with van der Waals surface area (Å²) in [7, 11) is 17.0. The average Bonchev–Trinajstić information content (AvgIpc) is 1.45. The number of nitrogens with zero attached hydrogens (tertiary/aromatic N) is 2. The van der Waals surface area contributed by atoms with Gasteiger partial charge >= 0.3 is 0 Å². The van der Waals surface area contributed by atoms with Crippen molar-refractivity contribution in [1.29, 1.82) is 0 Å². The molecular formula is C9H24N2S3. The highest BCUT2D eigenvalue weighted by molar-refractivity contribution is 8.21. The van der Waals surface area contributed by atoms with Gasteiger partial charge in [-0.3, -0.25) is 3.53 Å². The monoisotopic (exact) mass is 256 g/mol. The van der Waals surface area contributed by atoms with Crippen molar-refractivity contribution in [3.8, 4) is 0 Å². The van der Waals surface area contributed by atoms with E-state index in [0.717, 1.165) is 8.97 Å². The number of thiocarbonyl (C=S) groups is 1. The summed E-state index contributed by atoms with van der Waals surface area (Å²) in [6.45, 7) is 0. The van der Waals surface area contributed by atoms with Crippen molar-refractivity contribution in [3.05, 3.63) is 0 Å². The minimum absolute atomic E-state index is 0.167. The molecular weight excluding hydrogens is 232 g/mol. The van der Waals surface area contributed by atoms with Crippen LogP contribution in [0.3, 0.4) is 0 Å². The third-order valence-corrected chi connectivity index (χ3v) is 0. The van der Waals surface area contributed by atoms with Gasteiger partial charge in [0.1, 0.15) is 0 Å². The van der Waals surface area contributed by atoms with Gasteiger partial charge in [-0.05, 0) is 0 Å². The second-order valence-corrected chi connectivity index (χ2v) is 7.62. The smallest absolute Gasteiger partial charge is 0.0675 e. The molecule has 0 rings (SSSR count). The van der Waals surface area contributed by atoms with Crippen LogP contribution in [-0.4, -0.2) is 68.9 Å². The second-order valence-electron chi connectivity index (χ2n) is 5.62. The first kappa shape index (κ1) is 19.9. The molecule has 0 heterocycles. The molecule has 14 heavy (non-hydrogen) atoms. The molecule has 0 saturated carbocycles. The first-order valence-corrected chi connectivity index (χ1v) is 5.41. The van der Waals surface area contributed by atoms with E-state index >= 15 is 0 Å². The van der Waals surface area contributed by atoms with E-state index in [4.69, 9.17) is 0 Å². The first-order valence-electron chi connectivity index (χ1n) is 4.19. The van der Waals surface area contributed by atoms with E-state index in [2.05, 4.69) is 93.9 Å². The maximum atomic E-state index is 4.17. The molecule has 0 radical (unpaired) electrons. The Bertz CT molecular complexity index is 117. The van der Waals surface area contributed by atoms with Crippen LogP contribution in [0.1, 0.15) is 0 Å². The van der Waals surface area contributed by atoms with E-state index in [-0.39, 0.29) is 3.53 Å². The van der Waals surface area contributed by atoms with Crippen molar-refractivity contribution in [3.63, 3.8) is 0 Å². The minimum atomic E-state index is 0.167. The van der Waals surface area contributed by atoms with Gasteiger partial charge in [0.05, 0.1) is 56.4 Å². The van der Waals surface area contributed by atoms with Crippen molar-refractivity contribution in [2.45, 2.75) is 0 Å². The third kappa shape index (κ3) is 8060. The zero-order valence-electron chi connectivity index (χ0n) is 10.6. The van der Waals surface area contributed by atoms with Gasteiger partial charge in [0, 0.05) is 0 Å². The first-order chi connectivity index (χ1) is 5.73. The molecule has 0 atom stereocenters. The van der Waals surface area contributed by atoms with Crippen LogP contribution in [0.5, 0.6) is 0 Å². The molecule has 0 N–H and O–H groups in total. The molecule has 0 spiro atoms. The summed E-state index contributed by atoms with van der Waals surface area (Å²) in [5.41, 5.74) is 0. The number of hydrogen-bond donors (Lipinski definition) is 0. The summed E-state index contributed by atoms with van der Waals surface area (Å²) < 4.78 is 2.17. The molecule has 0 bridgehead atoms. The molecule has 88 valence electrons. The van der Waals surface area contributed by atoms with Crippen LogP contribution in [0, 0.1) is 0 Å². The Balaban J connectivity index is -0.000000131. The summed E-state index contributed by atoms with van der Waals surface area (Å²) in [4.78, 5) is 0. The normalized spacial score (nSPS) is 10.3. The quantitative estimate of drug-likeness (QED) is 0.361. The van der Waals surface area contributed by atoms with Crippen molar-refractivity contribution >= 4 is 41.0 Å². The zero-order valence-corrected chi connectivity index (χ0v) is 13.1. The summed E-state index contributed by atoms with van der Waals surface area (Å²) in [5, 5.41) is 0. The predicted octanol–water partition coefficient (Wildman–Crippen LogP) is 1.01. The zero-order chi connectivity index (χ0) is 12.6. The van der Waals surface area contributed by atoms with Crippen molar-refractivity contribution in [1.82, 2.24) is 0 Å². The van der Waals surface area contributed by atoms with E-state index in [9.17, 15) is 0 Å². The average molecular weight is 257 g/mol. The fourth-order valence-corrected chi connectivity index (χ4v) is 0. The molecule has 2 nitrogen and oxygen atoms in total. The largest absolute Gasteiger partial charge is 0.570 e. The lowest BCUT2D eigenvalue weighted by Crippen LogP contribution is -2.27. The van der Waals surface area contributed by atoms with E-state index in [1.807, 2.05) is 0 Å². The number of hydrogen-bond acceptors (Lipinski definition) is 3. The lowest BCUT2D eigenvalue weighted by molar-refractivity contribution is -0.849. The van der Waals surface area contributed by atoms with Crippen LogP contribution in [0.25, 0.3) is 0 Å². The molecule has 0 aromatic heterocycles. The van der Waals surface area contributed by atoms with E-state index in [1.54, 1.807) is 0 Å². The molecule has 0 aromatic rings. The fourth-order valence-electron chi connectivity index (χ4n) is 0. The Kier molecular flexibility index (Phi) is 12.4.